The number of halogens is 1. The summed E-state index contributed by atoms with van der Waals surface area (Å²) in [6.07, 6.45) is 15.7. The van der Waals surface area contributed by atoms with Crippen molar-refractivity contribution in [1.29, 1.82) is 0 Å². The minimum absolute atomic E-state index is 0.163. The van der Waals surface area contributed by atoms with E-state index < -0.39 is 11.2 Å². The topological polar surface area (TPSA) is 117 Å². The Hall–Kier alpha value is -3.41. The Kier molecular flexibility index (Phi) is 13.5. The van der Waals surface area contributed by atoms with Gasteiger partial charge in [0.2, 0.25) is 0 Å². The zero-order valence-electron chi connectivity index (χ0n) is 32.5. The molecule has 0 unspecified atom stereocenters. The monoisotopic (exact) mass is 740 g/mol. The molecular formula is C39H61ClN8O4. The maximum Gasteiger partial charge on any atom is 0.410 e. The van der Waals surface area contributed by atoms with Crippen molar-refractivity contribution in [1.82, 2.24) is 29.7 Å². The summed E-state index contributed by atoms with van der Waals surface area (Å²) in [5, 5.41) is 0.444. The van der Waals surface area contributed by atoms with Crippen LogP contribution in [0.4, 0.5) is 21.2 Å². The predicted octanol–water partition coefficient (Wildman–Crippen LogP) is 7.64. The normalized spacial score (nSPS) is 20.3. The zero-order valence-corrected chi connectivity index (χ0v) is 33.3. The Balaban J connectivity index is 0.000000201. The van der Waals surface area contributed by atoms with Crippen LogP contribution in [-0.2, 0) is 9.47 Å². The molecular weight excluding hydrogens is 680 g/mol. The van der Waals surface area contributed by atoms with Crippen LogP contribution in [0, 0.1) is 30.6 Å². The van der Waals surface area contributed by atoms with Gasteiger partial charge in [-0.1, -0.05) is 11.6 Å². The van der Waals surface area contributed by atoms with E-state index in [2.05, 4.69) is 29.7 Å². The van der Waals surface area contributed by atoms with Crippen molar-refractivity contribution in [2.75, 3.05) is 62.2 Å². The number of amides is 2. The summed E-state index contributed by atoms with van der Waals surface area (Å²) in [6.45, 7) is 20.8. The largest absolute Gasteiger partial charge is 0.444 e. The zero-order chi connectivity index (χ0) is 37.5. The van der Waals surface area contributed by atoms with Gasteiger partial charge in [-0.15, -0.1) is 0 Å². The third-order valence-corrected chi connectivity index (χ3v) is 11.0. The van der Waals surface area contributed by atoms with Gasteiger partial charge in [0.05, 0.1) is 24.3 Å². The smallest absolute Gasteiger partial charge is 0.410 e. The number of rotatable bonds is 4. The van der Waals surface area contributed by atoms with Crippen molar-refractivity contribution in [3.8, 4) is 0 Å². The number of anilines is 2. The van der Waals surface area contributed by atoms with E-state index in [1.165, 1.54) is 12.8 Å². The number of piperidine rings is 4. The van der Waals surface area contributed by atoms with Crippen molar-refractivity contribution in [2.45, 2.75) is 111 Å². The van der Waals surface area contributed by atoms with E-state index >= 15 is 0 Å². The van der Waals surface area contributed by atoms with Crippen molar-refractivity contribution in [3.05, 3.63) is 35.6 Å². The van der Waals surface area contributed by atoms with Crippen LogP contribution >= 0.6 is 11.6 Å². The second-order valence-corrected chi connectivity index (χ2v) is 17.4. The summed E-state index contributed by atoms with van der Waals surface area (Å²) in [6, 6.07) is 0. The molecule has 0 aliphatic carbocycles. The predicted molar refractivity (Wildman–Crippen MR) is 205 cm³/mol. The van der Waals surface area contributed by atoms with Gasteiger partial charge in [-0.2, -0.15) is 0 Å². The number of carbonyl (C=O) groups excluding carboxylic acids is 2. The van der Waals surface area contributed by atoms with E-state index in [1.807, 2.05) is 64.5 Å². The number of ether oxygens (including phenoxy) is 2. The molecule has 0 atom stereocenters. The molecule has 0 N–H and O–H groups in total. The molecule has 13 heteroatoms. The molecule has 0 aromatic carbocycles. The van der Waals surface area contributed by atoms with Gasteiger partial charge < -0.3 is 29.1 Å². The van der Waals surface area contributed by atoms with Gasteiger partial charge in [-0.05, 0) is 124 Å². The van der Waals surface area contributed by atoms with Crippen LogP contribution in [0.3, 0.4) is 0 Å². The van der Waals surface area contributed by atoms with Gasteiger partial charge in [-0.3, -0.25) is 9.97 Å². The van der Waals surface area contributed by atoms with Crippen LogP contribution in [-0.4, -0.2) is 105 Å². The van der Waals surface area contributed by atoms with Crippen LogP contribution in [0.1, 0.15) is 98.6 Å². The molecule has 6 heterocycles. The third kappa shape index (κ3) is 11.8. The summed E-state index contributed by atoms with van der Waals surface area (Å²) >= 11 is 5.95. The highest BCUT2D eigenvalue weighted by Gasteiger charge is 2.34. The lowest BCUT2D eigenvalue weighted by atomic mass is 9.79. The summed E-state index contributed by atoms with van der Waals surface area (Å²) in [7, 11) is 0. The van der Waals surface area contributed by atoms with E-state index in [-0.39, 0.29) is 12.2 Å². The molecule has 4 fully saturated rings. The van der Waals surface area contributed by atoms with Crippen LogP contribution in [0.5, 0.6) is 0 Å². The van der Waals surface area contributed by atoms with Crippen molar-refractivity contribution in [3.63, 3.8) is 0 Å². The maximum atomic E-state index is 12.2. The van der Waals surface area contributed by atoms with E-state index in [1.54, 1.807) is 18.6 Å². The van der Waals surface area contributed by atoms with Crippen molar-refractivity contribution in [2.24, 2.45) is 23.7 Å². The van der Waals surface area contributed by atoms with Crippen molar-refractivity contribution < 1.29 is 19.1 Å². The number of hydrogen-bond donors (Lipinski definition) is 0. The van der Waals surface area contributed by atoms with Gasteiger partial charge >= 0.3 is 12.2 Å². The SMILES string of the molecule is CC(C)(C)OC(=O)N1CCC(C2CCN(c3cncc(Cl)n3)CC2)CC1.Cc1cncc(N2CCC(C3CCN(C(=O)OC(C)(C)C)CC3)CC2)n1. The number of likely N-dealkylation sites (tertiary alicyclic amines) is 2. The van der Waals surface area contributed by atoms with Gasteiger partial charge in [0.1, 0.15) is 28.0 Å². The Morgan fingerprint density at radius 1 is 0.577 bits per heavy atom. The maximum absolute atomic E-state index is 12.2. The molecule has 4 aliphatic rings. The molecule has 0 saturated carbocycles. The molecule has 6 rings (SSSR count). The Labute approximate surface area is 316 Å². The number of aromatic nitrogens is 4. The first kappa shape index (κ1) is 39.8. The molecule has 2 aromatic rings. The van der Waals surface area contributed by atoms with E-state index in [0.29, 0.717) is 11.1 Å². The fraction of sp³-hybridized carbons (Fsp3) is 0.744. The lowest BCUT2D eigenvalue weighted by molar-refractivity contribution is 0.0142. The Morgan fingerprint density at radius 2 is 0.923 bits per heavy atom. The van der Waals surface area contributed by atoms with Crippen LogP contribution < -0.4 is 9.80 Å². The molecule has 2 aromatic heterocycles. The molecule has 12 nitrogen and oxygen atoms in total. The van der Waals surface area contributed by atoms with E-state index in [9.17, 15) is 9.59 Å². The quantitative estimate of drug-likeness (QED) is 0.310. The first-order valence-electron chi connectivity index (χ1n) is 19.4. The summed E-state index contributed by atoms with van der Waals surface area (Å²) < 4.78 is 11.0. The Morgan fingerprint density at radius 3 is 1.27 bits per heavy atom. The average molecular weight is 741 g/mol. The minimum Gasteiger partial charge on any atom is -0.444 e. The second-order valence-electron chi connectivity index (χ2n) is 17.0. The second kappa shape index (κ2) is 17.6. The van der Waals surface area contributed by atoms with E-state index in [4.69, 9.17) is 21.1 Å². The van der Waals surface area contributed by atoms with Gasteiger partial charge in [-0.25, -0.2) is 19.6 Å². The lowest BCUT2D eigenvalue weighted by Gasteiger charge is -2.40. The molecule has 4 aliphatic heterocycles. The van der Waals surface area contributed by atoms with Gasteiger partial charge in [0, 0.05) is 58.6 Å². The highest BCUT2D eigenvalue weighted by atomic mass is 35.5. The molecule has 0 spiro atoms. The standard InChI is InChI=1S/C20H32N4O2.C19H29ClN4O2/c1-15-13-21-14-18(22-15)23-9-5-16(6-10-23)17-7-11-24(12-8-17)19(25)26-20(2,3)4;1-19(2,3)26-18(25)24-10-6-15(7-11-24)14-4-8-23(9-5-14)17-13-21-12-16(20)22-17/h13-14,16-17H,5-12H2,1-4H3;12-15H,4-11H2,1-3H3. The Bertz CT molecular complexity index is 1340. The van der Waals surface area contributed by atoms with Gasteiger partial charge in [0.15, 0.2) is 0 Å². The third-order valence-electron chi connectivity index (χ3n) is 10.8. The molecule has 0 radical (unpaired) electrons. The first-order chi connectivity index (χ1) is 24.6. The van der Waals surface area contributed by atoms with Crippen LogP contribution in [0.25, 0.3) is 0 Å². The first-order valence-corrected chi connectivity index (χ1v) is 19.7. The number of hydrogen-bond acceptors (Lipinski definition) is 10. The number of carbonyl (C=O) groups is 2. The summed E-state index contributed by atoms with van der Waals surface area (Å²) in [5.74, 6) is 4.77. The highest BCUT2D eigenvalue weighted by Crippen LogP contribution is 2.35. The number of aryl methyl sites for hydroxylation is 1. The average Bonchev–Trinajstić information content (AvgIpc) is 3.11. The number of nitrogens with zero attached hydrogens (tertiary/aromatic N) is 8. The molecule has 0 bridgehead atoms. The van der Waals surface area contributed by atoms with Crippen molar-refractivity contribution >= 4 is 35.4 Å². The summed E-state index contributed by atoms with van der Waals surface area (Å²) in [4.78, 5) is 50.1. The fourth-order valence-corrected chi connectivity index (χ4v) is 8.19. The highest BCUT2D eigenvalue weighted by molar-refractivity contribution is 6.29. The minimum atomic E-state index is -0.427. The lowest BCUT2D eigenvalue weighted by Crippen LogP contribution is -2.44. The summed E-state index contributed by atoms with van der Waals surface area (Å²) in [5.41, 5.74) is 0.128. The molecule has 4 saturated heterocycles. The van der Waals surface area contributed by atoms with Gasteiger partial charge in [0.25, 0.3) is 0 Å². The van der Waals surface area contributed by atoms with Crippen LogP contribution in [0.15, 0.2) is 24.8 Å². The van der Waals surface area contributed by atoms with Crippen LogP contribution in [0.2, 0.25) is 5.15 Å². The molecule has 288 valence electrons. The molecule has 52 heavy (non-hydrogen) atoms. The van der Waals surface area contributed by atoms with E-state index in [0.717, 1.165) is 126 Å². The molecule has 2 amide bonds. The fourth-order valence-electron chi connectivity index (χ4n) is 8.05.